The Morgan fingerprint density at radius 1 is 1.05 bits per heavy atom. The summed E-state index contributed by atoms with van der Waals surface area (Å²) < 4.78 is 49.3. The van der Waals surface area contributed by atoms with Crippen molar-refractivity contribution in [2.45, 2.75) is 16.3 Å². The maximum absolute atomic E-state index is 13.2. The number of methoxy groups -OCH3 is 2. The Bertz CT molecular complexity index is 1370. The van der Waals surface area contributed by atoms with E-state index in [1.165, 1.54) is 0 Å². The summed E-state index contributed by atoms with van der Waals surface area (Å²) in [7, 11) is 2.07. The van der Waals surface area contributed by atoms with E-state index in [0.717, 1.165) is 37.3 Å². The van der Waals surface area contributed by atoms with E-state index in [-0.39, 0.29) is 28.2 Å². The number of hydrogen-bond donors (Lipinski definition) is 2. The third-order valence-corrected chi connectivity index (χ3v) is 5.98. The number of nitrogens with two attached hydrogens (primary N) is 2. The van der Waals surface area contributed by atoms with Crippen LogP contribution in [-0.2, 0) is 19.1 Å². The summed E-state index contributed by atoms with van der Waals surface area (Å²) in [5.74, 6) is -4.74. The lowest BCUT2D eigenvalue weighted by Gasteiger charge is -2.36. The van der Waals surface area contributed by atoms with E-state index in [9.17, 15) is 32.8 Å². The van der Waals surface area contributed by atoms with Gasteiger partial charge in [-0.3, -0.25) is 9.69 Å². The molecule has 3 rings (SSSR count). The minimum absolute atomic E-state index is 0.200. The maximum Gasteiger partial charge on any atom is 0.446 e. The molecule has 192 valence electrons. The minimum atomic E-state index is -4.73. The van der Waals surface area contributed by atoms with Crippen LogP contribution in [0.2, 0.25) is 0 Å². The van der Waals surface area contributed by atoms with E-state index in [1.807, 2.05) is 6.07 Å². The SMILES string of the molecule is COC(=O)C1=C(C(=O)OC)N(c2cc(SC(F)(F)F)cc(C(N)=O)c2)C(N)=C(C#N)C1c1ccccc1. The summed E-state index contributed by atoms with van der Waals surface area (Å²) >= 11 is -0.538. The van der Waals surface area contributed by atoms with Gasteiger partial charge >= 0.3 is 17.4 Å². The van der Waals surface area contributed by atoms with Gasteiger partial charge in [0, 0.05) is 16.1 Å². The number of allylic oxidation sites excluding steroid dienone is 1. The van der Waals surface area contributed by atoms with Gasteiger partial charge in [-0.1, -0.05) is 30.3 Å². The fourth-order valence-electron chi connectivity index (χ4n) is 3.83. The smallest absolute Gasteiger partial charge is 0.446 e. The van der Waals surface area contributed by atoms with Crippen LogP contribution in [0.1, 0.15) is 21.8 Å². The third kappa shape index (κ3) is 5.54. The number of hydrogen-bond acceptors (Lipinski definition) is 9. The van der Waals surface area contributed by atoms with Gasteiger partial charge in [0.15, 0.2) is 0 Å². The normalized spacial score (nSPS) is 15.8. The minimum Gasteiger partial charge on any atom is -0.466 e. The van der Waals surface area contributed by atoms with Crippen molar-refractivity contribution in [1.29, 1.82) is 5.26 Å². The molecular formula is C24H19F3N4O5S. The van der Waals surface area contributed by atoms with Gasteiger partial charge in [0.1, 0.15) is 11.5 Å². The van der Waals surface area contributed by atoms with Crippen molar-refractivity contribution in [3.63, 3.8) is 0 Å². The van der Waals surface area contributed by atoms with Crippen molar-refractivity contribution in [2.24, 2.45) is 11.5 Å². The fourth-order valence-corrected chi connectivity index (χ4v) is 4.46. The number of primary amides is 1. The number of nitriles is 1. The van der Waals surface area contributed by atoms with E-state index in [2.05, 4.69) is 0 Å². The van der Waals surface area contributed by atoms with Crippen LogP contribution in [0.4, 0.5) is 18.9 Å². The zero-order valence-electron chi connectivity index (χ0n) is 19.3. The predicted molar refractivity (Wildman–Crippen MR) is 126 cm³/mol. The van der Waals surface area contributed by atoms with Gasteiger partial charge in [-0.25, -0.2) is 9.59 Å². The number of halogens is 3. The maximum atomic E-state index is 13.2. The zero-order valence-corrected chi connectivity index (χ0v) is 20.1. The Morgan fingerprint density at radius 2 is 1.68 bits per heavy atom. The van der Waals surface area contributed by atoms with E-state index in [4.69, 9.17) is 20.9 Å². The van der Waals surface area contributed by atoms with Crippen LogP contribution < -0.4 is 16.4 Å². The molecule has 0 saturated carbocycles. The molecule has 0 fully saturated rings. The first-order valence-electron chi connectivity index (χ1n) is 10.3. The Hall–Kier alpha value is -4.44. The van der Waals surface area contributed by atoms with Crippen molar-refractivity contribution >= 4 is 35.3 Å². The van der Waals surface area contributed by atoms with E-state index in [1.54, 1.807) is 30.3 Å². The lowest BCUT2D eigenvalue weighted by atomic mass is 9.81. The second-order valence-corrected chi connectivity index (χ2v) is 8.60. The summed E-state index contributed by atoms with van der Waals surface area (Å²) in [6.07, 6.45) is 0. The second-order valence-electron chi connectivity index (χ2n) is 7.46. The number of ether oxygens (including phenoxy) is 2. The van der Waals surface area contributed by atoms with Gasteiger partial charge in [-0.2, -0.15) is 18.4 Å². The summed E-state index contributed by atoms with van der Waals surface area (Å²) in [4.78, 5) is 38.4. The average Bonchev–Trinajstić information content (AvgIpc) is 2.86. The highest BCUT2D eigenvalue weighted by Crippen LogP contribution is 2.45. The molecule has 2 aromatic rings. The summed E-state index contributed by atoms with van der Waals surface area (Å²) in [5.41, 5.74) is 5.68. The van der Waals surface area contributed by atoms with Crippen LogP contribution in [0.5, 0.6) is 0 Å². The molecule has 0 spiro atoms. The van der Waals surface area contributed by atoms with Crippen molar-refractivity contribution in [3.05, 3.63) is 82.3 Å². The van der Waals surface area contributed by atoms with E-state index < -0.39 is 51.6 Å². The van der Waals surface area contributed by atoms with Crippen LogP contribution in [0.15, 0.2) is 76.1 Å². The topological polar surface area (TPSA) is 149 Å². The molecule has 1 atom stereocenters. The number of anilines is 1. The Labute approximate surface area is 213 Å². The number of amides is 1. The highest BCUT2D eigenvalue weighted by atomic mass is 32.2. The zero-order chi connectivity index (χ0) is 27.5. The Balaban J connectivity index is 2.43. The molecule has 1 aliphatic rings. The number of thioether (sulfide) groups is 1. The first-order chi connectivity index (χ1) is 17.4. The van der Waals surface area contributed by atoms with Crippen LogP contribution in [-0.4, -0.2) is 37.6 Å². The lowest BCUT2D eigenvalue weighted by molar-refractivity contribution is -0.139. The van der Waals surface area contributed by atoms with Gasteiger partial charge in [-0.05, 0) is 35.5 Å². The number of benzene rings is 2. The summed E-state index contributed by atoms with van der Waals surface area (Å²) in [6.45, 7) is 0. The van der Waals surface area contributed by atoms with Crippen LogP contribution in [0.3, 0.4) is 0 Å². The molecule has 4 N–H and O–H groups in total. The van der Waals surface area contributed by atoms with Crippen LogP contribution in [0.25, 0.3) is 0 Å². The lowest BCUT2D eigenvalue weighted by Crippen LogP contribution is -2.40. The number of carbonyl (C=O) groups is 3. The van der Waals surface area contributed by atoms with Crippen molar-refractivity contribution in [1.82, 2.24) is 0 Å². The molecule has 1 amide bonds. The highest BCUT2D eigenvalue weighted by Gasteiger charge is 2.43. The molecule has 0 saturated heterocycles. The molecule has 1 aliphatic heterocycles. The standard InChI is InChI=1S/C24H19F3N4O5S/c1-35-22(33)18-17(12-6-4-3-5-7-12)16(11-28)20(29)31(19(18)23(34)36-2)14-8-13(21(30)32)9-15(10-14)37-24(25,26)27/h3-10,17H,29H2,1-2H3,(H2,30,32). The molecule has 1 unspecified atom stereocenters. The molecule has 0 aliphatic carbocycles. The number of nitrogens with zero attached hydrogens (tertiary/aromatic N) is 2. The first-order valence-corrected chi connectivity index (χ1v) is 11.1. The highest BCUT2D eigenvalue weighted by molar-refractivity contribution is 8.00. The van der Waals surface area contributed by atoms with Crippen LogP contribution in [0, 0.1) is 11.3 Å². The first kappa shape index (κ1) is 27.2. The second kappa shape index (κ2) is 10.7. The number of alkyl halides is 3. The molecule has 0 bridgehead atoms. The quantitative estimate of drug-likeness (QED) is 0.422. The fraction of sp³-hybridized carbons (Fsp3) is 0.167. The largest absolute Gasteiger partial charge is 0.466 e. The molecule has 2 aromatic carbocycles. The van der Waals surface area contributed by atoms with Gasteiger partial charge < -0.3 is 20.9 Å². The average molecular weight is 533 g/mol. The predicted octanol–water partition coefficient (Wildman–Crippen LogP) is 3.30. The van der Waals surface area contributed by atoms with E-state index in [0.29, 0.717) is 5.56 Å². The molecular weight excluding hydrogens is 513 g/mol. The van der Waals surface area contributed by atoms with Gasteiger partial charge in [0.2, 0.25) is 5.91 Å². The molecule has 13 heteroatoms. The molecule has 1 heterocycles. The van der Waals surface area contributed by atoms with Crippen molar-refractivity contribution < 1.29 is 37.0 Å². The van der Waals surface area contributed by atoms with Gasteiger partial charge in [0.05, 0.1) is 37.4 Å². The number of esters is 2. The number of rotatable bonds is 6. The Morgan fingerprint density at radius 3 is 2.19 bits per heavy atom. The monoisotopic (exact) mass is 532 g/mol. The molecule has 0 aromatic heterocycles. The number of carbonyl (C=O) groups excluding carboxylic acids is 3. The van der Waals surface area contributed by atoms with E-state index >= 15 is 0 Å². The summed E-state index contributed by atoms with van der Waals surface area (Å²) in [5, 5.41) is 10.0. The molecule has 0 radical (unpaired) electrons. The van der Waals surface area contributed by atoms with Gasteiger partial charge in [-0.15, -0.1) is 0 Å². The van der Waals surface area contributed by atoms with Gasteiger partial charge in [0.25, 0.3) is 0 Å². The van der Waals surface area contributed by atoms with Crippen LogP contribution >= 0.6 is 11.8 Å². The molecule has 37 heavy (non-hydrogen) atoms. The van der Waals surface area contributed by atoms with Crippen molar-refractivity contribution in [2.75, 3.05) is 19.1 Å². The summed E-state index contributed by atoms with van der Waals surface area (Å²) in [6, 6.07) is 13.0. The van der Waals surface area contributed by atoms with Crippen molar-refractivity contribution in [3.8, 4) is 6.07 Å². The molecule has 9 nitrogen and oxygen atoms in total. The third-order valence-electron chi connectivity index (χ3n) is 5.28. The Kier molecular flexibility index (Phi) is 7.83.